The van der Waals surface area contributed by atoms with Crippen molar-refractivity contribution < 1.29 is 19.8 Å². The molecule has 8 radical (unpaired) electrons. The smallest absolute Gasteiger partial charge is 0.247 e. The third-order valence-corrected chi connectivity index (χ3v) is 6.17. The van der Waals surface area contributed by atoms with Gasteiger partial charge >= 0.3 is 11.9 Å². The summed E-state index contributed by atoms with van der Waals surface area (Å²) in [5, 5.41) is 20.7. The molecular weight excluding hydrogens is 567 g/mol. The summed E-state index contributed by atoms with van der Waals surface area (Å²) >= 11 is 0. The molecule has 5 heteroatoms. The van der Waals surface area contributed by atoms with Crippen LogP contribution in [0.1, 0.15) is 170 Å². The molecule has 0 rings (SSSR count). The Morgan fingerprint density at radius 2 is 0.757 bits per heavy atom. The van der Waals surface area contributed by atoms with Crippen molar-refractivity contribution in [3.63, 3.8) is 0 Å². The number of hydrogen-bond acceptors (Lipinski definition) is 2. The molecular formula is C32H64O4Sn. The van der Waals surface area contributed by atoms with Gasteiger partial charge in [0.1, 0.15) is 0 Å². The zero-order valence-electron chi connectivity index (χ0n) is 25.8. The second-order valence-corrected chi connectivity index (χ2v) is 9.67. The average Bonchev–Trinajstić information content (AvgIpc) is 2.86. The van der Waals surface area contributed by atoms with Crippen LogP contribution in [0.4, 0.5) is 0 Å². The third-order valence-electron chi connectivity index (χ3n) is 6.17. The standard InChI is InChI=1S/2C8H15O2.2C8H17.Sn/c2*1-3-5-6-7(4-2)8(9)10;2*1-3-5-7-8-6-4-2;/h2*7H,3-6H2,1-2H3;2*1,3-8H2,2H3;. The van der Waals surface area contributed by atoms with E-state index < -0.39 is 11.9 Å². The van der Waals surface area contributed by atoms with Crippen LogP contribution in [0, 0.1) is 25.7 Å². The zero-order chi connectivity index (χ0) is 28.5. The van der Waals surface area contributed by atoms with E-state index >= 15 is 0 Å². The molecule has 0 saturated carbocycles. The molecule has 4 nitrogen and oxygen atoms in total. The van der Waals surface area contributed by atoms with Gasteiger partial charge in [0.2, 0.25) is 0 Å². The van der Waals surface area contributed by atoms with Gasteiger partial charge in [-0.05, 0) is 25.7 Å². The van der Waals surface area contributed by atoms with Gasteiger partial charge in [-0.1, -0.05) is 158 Å². The third kappa shape index (κ3) is 46.0. The summed E-state index contributed by atoms with van der Waals surface area (Å²) in [7, 11) is 0. The average molecular weight is 632 g/mol. The Bertz CT molecular complexity index is 366. The van der Waals surface area contributed by atoms with Crippen molar-refractivity contribution in [3.05, 3.63) is 13.8 Å². The van der Waals surface area contributed by atoms with Crippen LogP contribution in [0.3, 0.4) is 0 Å². The van der Waals surface area contributed by atoms with Crippen molar-refractivity contribution in [2.75, 3.05) is 0 Å². The fraction of sp³-hybridized carbons (Fsp3) is 0.875. The van der Waals surface area contributed by atoms with Crippen molar-refractivity contribution in [2.45, 2.75) is 170 Å². The molecule has 2 atom stereocenters. The van der Waals surface area contributed by atoms with E-state index in [0.29, 0.717) is 12.8 Å². The minimum absolute atomic E-state index is 0. The second-order valence-electron chi connectivity index (χ2n) is 9.67. The van der Waals surface area contributed by atoms with E-state index in [2.05, 4.69) is 41.5 Å². The summed E-state index contributed by atoms with van der Waals surface area (Å²) in [6.45, 7) is 19.9. The van der Waals surface area contributed by atoms with E-state index in [9.17, 15) is 19.8 Å². The largest absolute Gasteiger partial charge is 0.358 e. The number of unbranched alkanes of at least 4 members (excludes halogenated alkanes) is 12. The Morgan fingerprint density at radius 1 is 0.486 bits per heavy atom. The normalized spacial score (nSPS) is 11.2. The predicted molar refractivity (Wildman–Crippen MR) is 161 cm³/mol. The second kappa shape index (κ2) is 42.8. The fourth-order valence-electron chi connectivity index (χ4n) is 3.44. The zero-order valence-corrected chi connectivity index (χ0v) is 28.7. The van der Waals surface area contributed by atoms with Gasteiger partial charge in [-0.3, -0.25) is 0 Å². The van der Waals surface area contributed by atoms with Gasteiger partial charge in [-0.15, -0.1) is 0 Å². The maximum Gasteiger partial charge on any atom is 0.358 e. The first-order valence-corrected chi connectivity index (χ1v) is 15.3. The van der Waals surface area contributed by atoms with Crippen LogP contribution in [-0.4, -0.2) is 35.8 Å². The first kappa shape index (κ1) is 46.6. The molecule has 220 valence electrons. The van der Waals surface area contributed by atoms with Gasteiger partial charge in [0.15, 0.2) is 0 Å². The van der Waals surface area contributed by atoms with Crippen LogP contribution < -0.4 is 0 Å². The minimum atomic E-state index is -0.893. The van der Waals surface area contributed by atoms with Crippen LogP contribution in [0.2, 0.25) is 0 Å². The molecule has 0 heterocycles. The van der Waals surface area contributed by atoms with E-state index in [1.54, 1.807) is 0 Å². The summed E-state index contributed by atoms with van der Waals surface area (Å²) < 4.78 is 0. The van der Waals surface area contributed by atoms with Crippen LogP contribution in [-0.2, 0) is 19.8 Å². The number of carbonyl (C=O) groups excluding carboxylic acids is 2. The summed E-state index contributed by atoms with van der Waals surface area (Å²) in [4.78, 5) is 20.7. The van der Waals surface area contributed by atoms with Crippen molar-refractivity contribution in [2.24, 2.45) is 11.8 Å². The Kier molecular flexibility index (Phi) is 53.9. The topological polar surface area (TPSA) is 73.9 Å². The molecule has 0 amide bonds. The molecule has 0 N–H and O–H groups in total. The first-order chi connectivity index (χ1) is 17.3. The van der Waals surface area contributed by atoms with Gasteiger partial charge in [-0.2, -0.15) is 0 Å². The molecule has 0 bridgehead atoms. The van der Waals surface area contributed by atoms with Crippen molar-refractivity contribution in [1.82, 2.24) is 0 Å². The molecule has 0 aromatic carbocycles. The van der Waals surface area contributed by atoms with Gasteiger partial charge < -0.3 is 0 Å². The molecule has 2 unspecified atom stereocenters. The van der Waals surface area contributed by atoms with Crippen molar-refractivity contribution in [3.8, 4) is 0 Å². The van der Waals surface area contributed by atoms with Crippen molar-refractivity contribution >= 4 is 35.8 Å². The molecule has 37 heavy (non-hydrogen) atoms. The Labute approximate surface area is 250 Å². The Hall–Kier alpha value is -0.261. The Balaban J connectivity index is -0.000000123. The molecule has 0 aromatic rings. The SMILES string of the molecule is CCCCC(CC)C([O])=O.CCCCC(CC)C([O])=O.[CH2]CCCCCCC.[CH2]CCCCCCC.[Sn]. The molecule has 0 aliphatic carbocycles. The predicted octanol–water partition coefficient (Wildman–Crippen LogP) is 10.3. The van der Waals surface area contributed by atoms with E-state index in [1.165, 1.54) is 64.2 Å². The quantitative estimate of drug-likeness (QED) is 0.0991. The molecule has 0 spiro atoms. The molecule has 0 aliphatic heterocycles. The minimum Gasteiger partial charge on any atom is -0.247 e. The number of carbonyl (C=O) groups is 2. The maximum absolute atomic E-state index is 10.3. The van der Waals surface area contributed by atoms with Gasteiger partial charge in [0, 0.05) is 23.9 Å². The van der Waals surface area contributed by atoms with E-state index in [4.69, 9.17) is 0 Å². The van der Waals surface area contributed by atoms with Gasteiger partial charge in [-0.25, -0.2) is 19.8 Å². The summed E-state index contributed by atoms with van der Waals surface area (Å²) in [5.41, 5.74) is 0. The van der Waals surface area contributed by atoms with Crippen LogP contribution in [0.5, 0.6) is 0 Å². The monoisotopic (exact) mass is 632 g/mol. The van der Waals surface area contributed by atoms with Gasteiger partial charge in [0.05, 0.1) is 11.8 Å². The van der Waals surface area contributed by atoms with E-state index in [1.807, 2.05) is 13.8 Å². The van der Waals surface area contributed by atoms with Crippen molar-refractivity contribution in [1.29, 1.82) is 0 Å². The van der Waals surface area contributed by atoms with Crippen LogP contribution in [0.15, 0.2) is 0 Å². The molecule has 0 aliphatic rings. The summed E-state index contributed by atoms with van der Waals surface area (Å²) in [5.74, 6) is -2.23. The molecule has 0 saturated heterocycles. The van der Waals surface area contributed by atoms with Crippen LogP contribution >= 0.6 is 0 Å². The van der Waals surface area contributed by atoms with Crippen LogP contribution in [0.25, 0.3) is 0 Å². The molecule has 0 aromatic heterocycles. The number of hydrogen-bond donors (Lipinski definition) is 0. The van der Waals surface area contributed by atoms with E-state index in [0.717, 1.165) is 51.4 Å². The fourth-order valence-corrected chi connectivity index (χ4v) is 3.44. The van der Waals surface area contributed by atoms with Gasteiger partial charge in [0.25, 0.3) is 0 Å². The summed E-state index contributed by atoms with van der Waals surface area (Å²) in [6.07, 6.45) is 23.0. The van der Waals surface area contributed by atoms with E-state index in [-0.39, 0.29) is 35.7 Å². The Morgan fingerprint density at radius 3 is 0.946 bits per heavy atom. The molecule has 0 fully saturated rings. The first-order valence-electron chi connectivity index (χ1n) is 15.3. The number of rotatable bonds is 20. The maximum atomic E-state index is 10.3. The summed E-state index contributed by atoms with van der Waals surface area (Å²) in [6, 6.07) is 0.